The van der Waals surface area contributed by atoms with Crippen LogP contribution in [0.3, 0.4) is 0 Å². The molecular formula is C25H33FN7O7P. The number of hydrogen-bond donors (Lipinski definition) is 4. The Morgan fingerprint density at radius 2 is 2.05 bits per heavy atom. The number of rotatable bonds is 12. The second-order valence-electron chi connectivity index (χ2n) is 9.54. The first-order chi connectivity index (χ1) is 19.4. The molecule has 16 heteroatoms. The van der Waals surface area contributed by atoms with E-state index in [1.54, 1.807) is 39.1 Å². The van der Waals surface area contributed by atoms with Crippen LogP contribution in [-0.2, 0) is 23.4 Å². The summed E-state index contributed by atoms with van der Waals surface area (Å²) in [7, 11) is -2.70. The van der Waals surface area contributed by atoms with Gasteiger partial charge in [-0.05, 0) is 39.0 Å². The number of alkyl halides is 1. The fraction of sp³-hybridized carbons (Fsp3) is 0.440. The average molecular weight is 594 g/mol. The van der Waals surface area contributed by atoms with E-state index in [4.69, 9.17) is 24.3 Å². The molecule has 1 fully saturated rings. The predicted octanol–water partition coefficient (Wildman–Crippen LogP) is 2.74. The summed E-state index contributed by atoms with van der Waals surface area (Å²) >= 11 is 0. The Labute approximate surface area is 235 Å². The topological polar surface area (TPSA) is 185 Å². The van der Waals surface area contributed by atoms with Crippen molar-refractivity contribution in [1.29, 1.82) is 0 Å². The Hall–Kier alpha value is -3.62. The molecule has 0 saturated carbocycles. The van der Waals surface area contributed by atoms with E-state index in [2.05, 4.69) is 31.9 Å². The number of nitrogens with two attached hydrogens (primary N) is 1. The second-order valence-corrected chi connectivity index (χ2v) is 11.2. The van der Waals surface area contributed by atoms with Crippen molar-refractivity contribution in [3.05, 3.63) is 49.3 Å². The first kappa shape index (κ1) is 30.3. The van der Waals surface area contributed by atoms with Crippen molar-refractivity contribution < 1.29 is 37.4 Å². The lowest BCUT2D eigenvalue weighted by Crippen LogP contribution is -2.42. The lowest BCUT2D eigenvalue weighted by molar-refractivity contribution is -0.149. The zero-order valence-corrected chi connectivity index (χ0v) is 23.8. The van der Waals surface area contributed by atoms with Crippen LogP contribution in [0.5, 0.6) is 5.75 Å². The molecule has 3 heterocycles. The Balaban J connectivity index is 1.59. The van der Waals surface area contributed by atoms with Gasteiger partial charge < -0.3 is 30.2 Å². The number of nitrogens with one attached hydrogen (secondary N) is 2. The fourth-order valence-corrected chi connectivity index (χ4v) is 5.69. The number of nitrogens with zero attached hydrogens (tertiary/aromatic N) is 4. The summed E-state index contributed by atoms with van der Waals surface area (Å²) in [6, 6.07) is 6.99. The molecule has 14 nitrogen and oxygen atoms in total. The average Bonchev–Trinajstić information content (AvgIpc) is 3.45. The molecule has 1 saturated heterocycles. The Kier molecular flexibility index (Phi) is 8.94. The smallest absolute Gasteiger partial charge is 0.459 e. The van der Waals surface area contributed by atoms with Gasteiger partial charge in [-0.3, -0.25) is 13.9 Å². The summed E-state index contributed by atoms with van der Waals surface area (Å²) in [6.07, 6.45) is -2.93. The minimum atomic E-state index is -4.31. The van der Waals surface area contributed by atoms with Crippen molar-refractivity contribution in [2.24, 2.45) is 0 Å². The highest BCUT2D eigenvalue weighted by Crippen LogP contribution is 2.48. The predicted molar refractivity (Wildman–Crippen MR) is 148 cm³/mol. The molecule has 1 aliphatic rings. The monoisotopic (exact) mass is 593 g/mol. The number of anilines is 2. The molecule has 6 atom stereocenters. The van der Waals surface area contributed by atoms with E-state index in [9.17, 15) is 14.5 Å². The minimum Gasteiger partial charge on any atom is -0.462 e. The van der Waals surface area contributed by atoms with Crippen LogP contribution in [0.25, 0.3) is 11.2 Å². The van der Waals surface area contributed by atoms with Gasteiger partial charge in [0.1, 0.15) is 24.0 Å². The van der Waals surface area contributed by atoms with Crippen molar-refractivity contribution in [1.82, 2.24) is 24.6 Å². The Bertz CT molecular complexity index is 1440. The molecule has 0 amide bonds. The maximum atomic E-state index is 16.3. The number of hydrogen-bond acceptors (Lipinski definition) is 12. The van der Waals surface area contributed by atoms with Gasteiger partial charge in [-0.1, -0.05) is 24.8 Å². The van der Waals surface area contributed by atoms with Crippen molar-refractivity contribution in [2.45, 2.75) is 57.0 Å². The maximum absolute atomic E-state index is 16.3. The van der Waals surface area contributed by atoms with Crippen LogP contribution in [0, 0.1) is 0 Å². The first-order valence-corrected chi connectivity index (χ1v) is 14.3. The van der Waals surface area contributed by atoms with Gasteiger partial charge in [-0.15, -0.1) is 0 Å². The number of aromatic nitrogens is 4. The van der Waals surface area contributed by atoms with Gasteiger partial charge in [0.2, 0.25) is 11.6 Å². The summed E-state index contributed by atoms with van der Waals surface area (Å²) in [5.41, 5.74) is 3.70. The molecule has 2 aromatic heterocycles. The van der Waals surface area contributed by atoms with Crippen LogP contribution in [0.15, 0.2) is 49.3 Å². The van der Waals surface area contributed by atoms with E-state index in [0.29, 0.717) is 5.82 Å². The molecule has 1 unspecified atom stereocenters. The standard InChI is InChI=1S/C25H33FN7O7P/c1-6-25(26)19(34)17(39-23(25)33-13-29-18-20(28-5)30-24(27)31-21(18)33)12-37-41(36,40-16-10-8-7-9-11-16)32-15(4)22(35)38-14(2)3/h6-11,13-15,17,19,23,34H,1,12H2,2-5H3,(H,32,36)(H3,27,28,30,31)/t15-,17+,19+,23+,25+,41?/m0/s1. The van der Waals surface area contributed by atoms with Crippen LogP contribution in [0.1, 0.15) is 27.0 Å². The van der Waals surface area contributed by atoms with Gasteiger partial charge in [0.05, 0.1) is 19.0 Å². The quantitative estimate of drug-likeness (QED) is 0.137. The number of benzene rings is 1. The number of aliphatic hydroxyl groups is 1. The molecule has 0 bridgehead atoms. The van der Waals surface area contributed by atoms with Crippen LogP contribution in [0.2, 0.25) is 0 Å². The van der Waals surface area contributed by atoms with Gasteiger partial charge in [-0.2, -0.15) is 15.1 Å². The van der Waals surface area contributed by atoms with E-state index < -0.39 is 56.6 Å². The van der Waals surface area contributed by atoms with E-state index in [0.717, 1.165) is 6.08 Å². The number of halogens is 1. The van der Waals surface area contributed by atoms with Crippen LogP contribution in [-0.4, -0.2) is 74.3 Å². The van der Waals surface area contributed by atoms with E-state index in [-0.39, 0.29) is 22.9 Å². The maximum Gasteiger partial charge on any atom is 0.459 e. The number of esters is 1. The van der Waals surface area contributed by atoms with Crippen LogP contribution < -0.4 is 20.7 Å². The number of fused-ring (bicyclic) bond motifs is 1. The molecule has 0 radical (unpaired) electrons. The molecular weight excluding hydrogens is 560 g/mol. The van der Waals surface area contributed by atoms with Gasteiger partial charge in [0.25, 0.3) is 0 Å². The fourth-order valence-electron chi connectivity index (χ4n) is 4.19. The number of ether oxygens (including phenoxy) is 2. The molecule has 0 spiro atoms. The highest BCUT2D eigenvalue weighted by Gasteiger charge is 2.57. The summed E-state index contributed by atoms with van der Waals surface area (Å²) in [6.45, 7) is 7.69. The zero-order chi connectivity index (χ0) is 29.9. The molecule has 1 aromatic carbocycles. The van der Waals surface area contributed by atoms with Gasteiger partial charge in [0, 0.05) is 7.05 Å². The number of imidazole rings is 1. The Morgan fingerprint density at radius 1 is 1.34 bits per heavy atom. The van der Waals surface area contributed by atoms with Gasteiger partial charge in [-0.25, -0.2) is 13.9 Å². The van der Waals surface area contributed by atoms with Crippen molar-refractivity contribution in [3.8, 4) is 5.75 Å². The van der Waals surface area contributed by atoms with Gasteiger partial charge >= 0.3 is 13.7 Å². The Morgan fingerprint density at radius 3 is 2.68 bits per heavy atom. The SMILES string of the molecule is C=C[C@@]1(F)[C@H](O)[C@@H](COP(=O)(N[C@@H](C)C(=O)OC(C)C)Oc2ccccc2)O[C@H]1n1cnc2c(NC)nc(N)nc21. The largest absolute Gasteiger partial charge is 0.462 e. The molecule has 5 N–H and O–H groups in total. The molecule has 4 rings (SSSR count). The van der Waals surface area contributed by atoms with E-state index in [1.165, 1.54) is 30.0 Å². The van der Waals surface area contributed by atoms with Gasteiger partial charge in [0.15, 0.2) is 23.2 Å². The third-order valence-corrected chi connectivity index (χ3v) is 7.81. The van der Waals surface area contributed by atoms with Crippen molar-refractivity contribution in [2.75, 3.05) is 24.7 Å². The van der Waals surface area contributed by atoms with Crippen molar-refractivity contribution >= 4 is 36.6 Å². The highest BCUT2D eigenvalue weighted by molar-refractivity contribution is 7.52. The molecule has 1 aliphatic heterocycles. The zero-order valence-electron chi connectivity index (χ0n) is 22.9. The second kappa shape index (κ2) is 12.1. The van der Waals surface area contributed by atoms with Crippen LogP contribution >= 0.6 is 7.75 Å². The third kappa shape index (κ3) is 6.34. The van der Waals surface area contributed by atoms with E-state index in [1.807, 2.05) is 0 Å². The normalized spacial score (nSPS) is 24.6. The number of para-hydroxylation sites is 1. The number of carbonyl (C=O) groups excluding carboxylic acids is 1. The van der Waals surface area contributed by atoms with E-state index >= 15 is 4.39 Å². The lowest BCUT2D eigenvalue weighted by Gasteiger charge is -2.26. The summed E-state index contributed by atoms with van der Waals surface area (Å²) in [5.74, 6) is -0.309. The summed E-state index contributed by atoms with van der Waals surface area (Å²) in [4.78, 5) is 24.8. The number of nitrogen functional groups attached to an aromatic ring is 1. The highest BCUT2D eigenvalue weighted by atomic mass is 31.2. The number of carbonyl (C=O) groups is 1. The minimum absolute atomic E-state index is 0.0970. The van der Waals surface area contributed by atoms with Crippen LogP contribution in [0.4, 0.5) is 16.2 Å². The molecule has 41 heavy (non-hydrogen) atoms. The van der Waals surface area contributed by atoms with Crippen molar-refractivity contribution in [3.63, 3.8) is 0 Å². The summed E-state index contributed by atoms with van der Waals surface area (Å²) in [5, 5.41) is 16.4. The molecule has 3 aromatic rings. The molecule has 222 valence electrons. The first-order valence-electron chi connectivity index (χ1n) is 12.7. The summed E-state index contributed by atoms with van der Waals surface area (Å²) < 4.78 is 53.6. The lowest BCUT2D eigenvalue weighted by atomic mass is 9.96. The number of aliphatic hydroxyl groups excluding tert-OH is 1. The molecule has 0 aliphatic carbocycles. The third-order valence-electron chi connectivity index (χ3n) is 6.16.